The van der Waals surface area contributed by atoms with Crippen LogP contribution in [-0.2, 0) is 6.61 Å². The van der Waals surface area contributed by atoms with Gasteiger partial charge in [-0.15, -0.1) is 0 Å². The average molecular weight is 307 g/mol. The van der Waals surface area contributed by atoms with Crippen molar-refractivity contribution in [1.29, 1.82) is 5.26 Å². The summed E-state index contributed by atoms with van der Waals surface area (Å²) in [6.45, 7) is 6.24. The van der Waals surface area contributed by atoms with Gasteiger partial charge >= 0.3 is 0 Å². The molecule has 0 aliphatic rings. The van der Waals surface area contributed by atoms with Crippen molar-refractivity contribution in [3.63, 3.8) is 0 Å². The largest absolute Gasteiger partial charge is 0.489 e. The zero-order chi connectivity index (χ0) is 16.7. The van der Waals surface area contributed by atoms with E-state index in [0.29, 0.717) is 12.3 Å². The molecule has 2 aromatic rings. The molecule has 0 spiro atoms. The van der Waals surface area contributed by atoms with E-state index in [9.17, 15) is 5.26 Å². The number of hydrogen-bond acceptors (Lipinski definition) is 4. The Hall–Kier alpha value is -2.67. The fraction of sp³-hybridized carbons (Fsp3) is 0.316. The van der Waals surface area contributed by atoms with Crippen LogP contribution in [0.3, 0.4) is 0 Å². The van der Waals surface area contributed by atoms with Crippen LogP contribution in [0.2, 0.25) is 0 Å². The number of hydrogen-bond donors (Lipinski definition) is 0. The highest BCUT2D eigenvalue weighted by molar-refractivity contribution is 5.40. The normalized spacial score (nSPS) is 13.7. The van der Waals surface area contributed by atoms with Crippen molar-refractivity contribution in [3.05, 3.63) is 60.2 Å². The molecule has 4 heteroatoms. The van der Waals surface area contributed by atoms with Crippen LogP contribution in [0, 0.1) is 17.2 Å². The Morgan fingerprint density at radius 2 is 1.74 bits per heavy atom. The summed E-state index contributed by atoms with van der Waals surface area (Å²) in [7, 11) is 0. The molecule has 0 heterocycles. The Morgan fingerprint density at radius 1 is 1.09 bits per heavy atom. The summed E-state index contributed by atoms with van der Waals surface area (Å²) >= 11 is 0. The molecule has 2 rings (SSSR count). The molecule has 0 saturated heterocycles. The maximum Gasteiger partial charge on any atom is 0.167 e. The van der Waals surface area contributed by atoms with Gasteiger partial charge in [0, 0.05) is 0 Å². The number of nitriles is 1. The van der Waals surface area contributed by atoms with Crippen molar-refractivity contribution in [2.75, 3.05) is 0 Å². The number of ether oxygens (including phenoxy) is 1. The van der Waals surface area contributed by atoms with Gasteiger partial charge in [0.2, 0.25) is 0 Å². The number of benzene rings is 2. The molecule has 0 N–H and O–H groups in total. The van der Waals surface area contributed by atoms with Crippen LogP contribution in [-0.4, -0.2) is 5.54 Å². The lowest BCUT2D eigenvalue weighted by Crippen LogP contribution is -2.25. The third-order valence-electron chi connectivity index (χ3n) is 3.81. The van der Waals surface area contributed by atoms with Crippen molar-refractivity contribution in [1.82, 2.24) is 0 Å². The van der Waals surface area contributed by atoms with Crippen LogP contribution in [0.4, 0.5) is 5.69 Å². The van der Waals surface area contributed by atoms with Gasteiger partial charge in [0.25, 0.3) is 0 Å². The van der Waals surface area contributed by atoms with Crippen LogP contribution in [0.5, 0.6) is 5.75 Å². The second kappa shape index (κ2) is 7.55. The summed E-state index contributed by atoms with van der Waals surface area (Å²) in [5, 5.41) is 17.6. The van der Waals surface area contributed by atoms with Crippen molar-refractivity contribution in [3.8, 4) is 11.8 Å². The molecule has 2 aromatic carbocycles. The summed E-state index contributed by atoms with van der Waals surface area (Å²) < 4.78 is 5.73. The molecule has 0 saturated carbocycles. The first kappa shape index (κ1) is 16.7. The third kappa shape index (κ3) is 4.65. The Morgan fingerprint density at radius 3 is 2.30 bits per heavy atom. The van der Waals surface area contributed by atoms with Gasteiger partial charge in [-0.25, -0.2) is 0 Å². The van der Waals surface area contributed by atoms with Gasteiger partial charge in [-0.05, 0) is 42.7 Å². The molecule has 1 unspecified atom stereocenters. The van der Waals surface area contributed by atoms with Gasteiger partial charge in [-0.2, -0.15) is 15.5 Å². The maximum absolute atomic E-state index is 9.23. The molecule has 0 bridgehead atoms. The molecule has 0 amide bonds. The minimum Gasteiger partial charge on any atom is -0.489 e. The Balaban J connectivity index is 1.98. The number of rotatable bonds is 6. The third-order valence-corrected chi connectivity index (χ3v) is 3.81. The van der Waals surface area contributed by atoms with E-state index in [-0.39, 0.29) is 5.92 Å². The highest BCUT2D eigenvalue weighted by Crippen LogP contribution is 2.25. The minimum atomic E-state index is -0.803. The molecular weight excluding hydrogens is 286 g/mol. The van der Waals surface area contributed by atoms with Crippen LogP contribution in [0.1, 0.15) is 26.3 Å². The second-order valence-electron chi connectivity index (χ2n) is 5.88. The first-order valence-electron chi connectivity index (χ1n) is 7.64. The fourth-order valence-electron chi connectivity index (χ4n) is 1.78. The maximum atomic E-state index is 9.23. The highest BCUT2D eigenvalue weighted by atomic mass is 16.5. The summed E-state index contributed by atoms with van der Waals surface area (Å²) in [5.74, 6) is 0.879. The lowest BCUT2D eigenvalue weighted by Gasteiger charge is -2.18. The summed E-state index contributed by atoms with van der Waals surface area (Å²) in [6, 6.07) is 19.6. The molecule has 0 radical (unpaired) electrons. The average Bonchev–Trinajstić information content (AvgIpc) is 2.59. The SMILES string of the molecule is CC(C)C(C)(C#N)N=Nc1ccc(OCc2ccccc2)cc1. The van der Waals surface area contributed by atoms with Gasteiger partial charge in [0.05, 0.1) is 11.8 Å². The van der Waals surface area contributed by atoms with Crippen LogP contribution in [0.15, 0.2) is 64.8 Å². The molecule has 23 heavy (non-hydrogen) atoms. The zero-order valence-corrected chi connectivity index (χ0v) is 13.7. The summed E-state index contributed by atoms with van der Waals surface area (Å²) in [5.41, 5.74) is 1.03. The molecule has 4 nitrogen and oxygen atoms in total. The van der Waals surface area contributed by atoms with E-state index in [1.54, 1.807) is 6.92 Å². The van der Waals surface area contributed by atoms with Gasteiger partial charge < -0.3 is 4.74 Å². The fourth-order valence-corrected chi connectivity index (χ4v) is 1.78. The minimum absolute atomic E-state index is 0.102. The van der Waals surface area contributed by atoms with E-state index in [1.807, 2.05) is 68.4 Å². The van der Waals surface area contributed by atoms with Gasteiger partial charge in [0.1, 0.15) is 12.4 Å². The Labute approximate surface area is 137 Å². The Bertz CT molecular complexity index is 687. The number of azo groups is 1. The summed E-state index contributed by atoms with van der Waals surface area (Å²) in [6.07, 6.45) is 0. The van der Waals surface area contributed by atoms with E-state index in [2.05, 4.69) is 16.3 Å². The molecule has 0 aliphatic carbocycles. The van der Waals surface area contributed by atoms with Gasteiger partial charge in [-0.3, -0.25) is 0 Å². The highest BCUT2D eigenvalue weighted by Gasteiger charge is 2.27. The first-order valence-corrected chi connectivity index (χ1v) is 7.64. The van der Waals surface area contributed by atoms with Gasteiger partial charge in [0.15, 0.2) is 5.54 Å². The first-order chi connectivity index (χ1) is 11.0. The molecule has 0 fully saturated rings. The van der Waals surface area contributed by atoms with Crippen molar-refractivity contribution < 1.29 is 4.74 Å². The number of nitrogens with zero attached hydrogens (tertiary/aromatic N) is 3. The molecular formula is C19H21N3O. The van der Waals surface area contributed by atoms with E-state index < -0.39 is 5.54 Å². The van der Waals surface area contributed by atoms with Crippen LogP contribution in [0.25, 0.3) is 0 Å². The topological polar surface area (TPSA) is 57.7 Å². The summed E-state index contributed by atoms with van der Waals surface area (Å²) in [4.78, 5) is 0. The lowest BCUT2D eigenvalue weighted by atomic mass is 9.91. The van der Waals surface area contributed by atoms with Crippen molar-refractivity contribution in [2.24, 2.45) is 16.1 Å². The molecule has 0 aromatic heterocycles. The van der Waals surface area contributed by atoms with Crippen LogP contribution < -0.4 is 4.74 Å². The standard InChI is InChI=1S/C19H21N3O/c1-15(2)19(3,14-20)22-21-17-9-11-18(12-10-17)23-13-16-7-5-4-6-8-16/h4-12,15H,13H2,1-3H3. The van der Waals surface area contributed by atoms with Crippen molar-refractivity contribution >= 4 is 5.69 Å². The quantitative estimate of drug-likeness (QED) is 0.681. The van der Waals surface area contributed by atoms with E-state index in [0.717, 1.165) is 11.3 Å². The second-order valence-corrected chi connectivity index (χ2v) is 5.88. The lowest BCUT2D eigenvalue weighted by molar-refractivity contribution is 0.306. The predicted molar refractivity (Wildman–Crippen MR) is 90.6 cm³/mol. The molecule has 1 atom stereocenters. The van der Waals surface area contributed by atoms with E-state index in [1.165, 1.54) is 0 Å². The predicted octanol–water partition coefficient (Wildman–Crippen LogP) is 5.29. The monoisotopic (exact) mass is 307 g/mol. The van der Waals surface area contributed by atoms with E-state index in [4.69, 9.17) is 4.74 Å². The Kier molecular flexibility index (Phi) is 5.48. The van der Waals surface area contributed by atoms with E-state index >= 15 is 0 Å². The van der Waals surface area contributed by atoms with Crippen molar-refractivity contribution in [2.45, 2.75) is 32.9 Å². The van der Waals surface area contributed by atoms with Crippen LogP contribution >= 0.6 is 0 Å². The van der Waals surface area contributed by atoms with Gasteiger partial charge in [-0.1, -0.05) is 44.2 Å². The molecule has 118 valence electrons. The molecule has 0 aliphatic heterocycles. The zero-order valence-electron chi connectivity index (χ0n) is 13.7. The smallest absolute Gasteiger partial charge is 0.167 e.